The molecule has 6 nitrogen and oxygen atoms in total. The summed E-state index contributed by atoms with van der Waals surface area (Å²) in [7, 11) is 3.12. The highest BCUT2D eigenvalue weighted by atomic mass is 16.5. The first-order chi connectivity index (χ1) is 13.3. The highest BCUT2D eigenvalue weighted by molar-refractivity contribution is 5.86. The Morgan fingerprint density at radius 1 is 1.11 bits per heavy atom. The van der Waals surface area contributed by atoms with E-state index in [1.165, 1.54) is 6.21 Å². The molecular formula is C22H28N2O4. The molecule has 0 bridgehead atoms. The smallest absolute Gasteiger partial charge is 0.277 e. The highest BCUT2D eigenvalue weighted by Crippen LogP contribution is 2.32. The van der Waals surface area contributed by atoms with E-state index in [0.29, 0.717) is 22.8 Å². The summed E-state index contributed by atoms with van der Waals surface area (Å²) < 4.78 is 16.3. The Balaban J connectivity index is 2.01. The van der Waals surface area contributed by atoms with E-state index in [1.54, 1.807) is 20.3 Å². The van der Waals surface area contributed by atoms with Crippen molar-refractivity contribution < 1.29 is 19.0 Å². The minimum atomic E-state index is -0.348. The van der Waals surface area contributed by atoms with Crippen molar-refractivity contribution in [1.82, 2.24) is 5.43 Å². The normalized spacial score (nSPS) is 11.4. The molecule has 0 saturated carbocycles. The van der Waals surface area contributed by atoms with Crippen LogP contribution in [-0.2, 0) is 10.2 Å². The van der Waals surface area contributed by atoms with Gasteiger partial charge in [-0.2, -0.15) is 5.10 Å². The number of aryl methyl sites for hydroxylation is 1. The largest absolute Gasteiger partial charge is 0.493 e. The van der Waals surface area contributed by atoms with Gasteiger partial charge < -0.3 is 14.2 Å². The second-order valence-electron chi connectivity index (χ2n) is 7.41. The van der Waals surface area contributed by atoms with Gasteiger partial charge in [-0.15, -0.1) is 0 Å². The Labute approximate surface area is 166 Å². The van der Waals surface area contributed by atoms with Gasteiger partial charge in [0.15, 0.2) is 18.1 Å². The van der Waals surface area contributed by atoms with Crippen LogP contribution in [0, 0.1) is 6.92 Å². The standard InChI is InChI=1S/C22H28N2O4/c1-15-10-11-17(22(2,3)4)19(12-15)28-14-20(25)24-23-13-16-8-7-9-18(26-5)21(16)27-6/h7-13H,14H2,1-6H3,(H,24,25). The van der Waals surface area contributed by atoms with E-state index in [1.807, 2.05) is 37.3 Å². The fourth-order valence-corrected chi connectivity index (χ4v) is 2.73. The van der Waals surface area contributed by atoms with E-state index in [4.69, 9.17) is 14.2 Å². The summed E-state index contributed by atoms with van der Waals surface area (Å²) >= 11 is 0. The minimum Gasteiger partial charge on any atom is -0.493 e. The summed E-state index contributed by atoms with van der Waals surface area (Å²) in [6.45, 7) is 8.19. The van der Waals surface area contributed by atoms with Crippen molar-refractivity contribution in [1.29, 1.82) is 0 Å². The van der Waals surface area contributed by atoms with Crippen LogP contribution >= 0.6 is 0 Å². The summed E-state index contributed by atoms with van der Waals surface area (Å²) in [6.07, 6.45) is 1.51. The molecule has 6 heteroatoms. The van der Waals surface area contributed by atoms with Crippen molar-refractivity contribution in [2.24, 2.45) is 5.10 Å². The lowest BCUT2D eigenvalue weighted by Crippen LogP contribution is -2.25. The topological polar surface area (TPSA) is 69.2 Å². The zero-order valence-electron chi connectivity index (χ0n) is 17.3. The fourth-order valence-electron chi connectivity index (χ4n) is 2.73. The second kappa shape index (κ2) is 9.26. The molecule has 150 valence electrons. The van der Waals surface area contributed by atoms with Crippen molar-refractivity contribution in [3.05, 3.63) is 53.1 Å². The Kier molecular flexibility index (Phi) is 7.04. The monoisotopic (exact) mass is 384 g/mol. The number of hydrogen-bond acceptors (Lipinski definition) is 5. The molecule has 0 aliphatic carbocycles. The van der Waals surface area contributed by atoms with Crippen LogP contribution in [0.4, 0.5) is 0 Å². The van der Waals surface area contributed by atoms with E-state index in [2.05, 4.69) is 31.3 Å². The van der Waals surface area contributed by atoms with Gasteiger partial charge in [0, 0.05) is 5.56 Å². The molecule has 0 unspecified atom stereocenters. The van der Waals surface area contributed by atoms with Gasteiger partial charge in [-0.05, 0) is 41.7 Å². The first-order valence-corrected chi connectivity index (χ1v) is 9.03. The lowest BCUT2D eigenvalue weighted by molar-refractivity contribution is -0.123. The number of benzene rings is 2. The SMILES string of the molecule is COc1cccc(C=NNC(=O)COc2cc(C)ccc2C(C)(C)C)c1OC. The predicted molar refractivity (Wildman–Crippen MR) is 111 cm³/mol. The molecule has 0 saturated heterocycles. The summed E-state index contributed by atoms with van der Waals surface area (Å²) in [4.78, 5) is 12.1. The highest BCUT2D eigenvalue weighted by Gasteiger charge is 2.19. The lowest BCUT2D eigenvalue weighted by atomic mass is 9.86. The minimum absolute atomic E-state index is 0.0828. The molecule has 2 rings (SSSR count). The van der Waals surface area contributed by atoms with Gasteiger partial charge in [-0.1, -0.05) is 39.0 Å². The van der Waals surface area contributed by atoms with Crippen molar-refractivity contribution >= 4 is 12.1 Å². The molecular weight excluding hydrogens is 356 g/mol. The summed E-state index contributed by atoms with van der Waals surface area (Å²) in [5.41, 5.74) is 5.21. The summed E-state index contributed by atoms with van der Waals surface area (Å²) in [5, 5.41) is 3.99. The molecule has 2 aromatic carbocycles. The first-order valence-electron chi connectivity index (χ1n) is 9.03. The molecule has 0 spiro atoms. The van der Waals surface area contributed by atoms with Gasteiger partial charge in [-0.25, -0.2) is 5.43 Å². The molecule has 0 atom stereocenters. The van der Waals surface area contributed by atoms with Crippen molar-refractivity contribution in [3.8, 4) is 17.2 Å². The zero-order chi connectivity index (χ0) is 20.7. The summed E-state index contributed by atoms with van der Waals surface area (Å²) in [6, 6.07) is 11.4. The Morgan fingerprint density at radius 2 is 1.86 bits per heavy atom. The van der Waals surface area contributed by atoms with E-state index >= 15 is 0 Å². The number of carbonyl (C=O) groups excluding carboxylic acids is 1. The van der Waals surface area contributed by atoms with Crippen LogP contribution < -0.4 is 19.6 Å². The molecule has 2 aromatic rings. The predicted octanol–water partition coefficient (Wildman–Crippen LogP) is 3.84. The molecule has 0 aromatic heterocycles. The number of hydrazone groups is 1. The van der Waals surface area contributed by atoms with Crippen LogP contribution in [0.1, 0.15) is 37.5 Å². The maximum Gasteiger partial charge on any atom is 0.277 e. The van der Waals surface area contributed by atoms with Gasteiger partial charge in [0.1, 0.15) is 5.75 Å². The molecule has 0 radical (unpaired) electrons. The third kappa shape index (κ3) is 5.49. The average Bonchev–Trinajstić information content (AvgIpc) is 2.65. The Bertz CT molecular complexity index is 854. The Morgan fingerprint density at radius 3 is 2.50 bits per heavy atom. The van der Waals surface area contributed by atoms with Crippen LogP contribution in [0.5, 0.6) is 17.2 Å². The third-order valence-electron chi connectivity index (χ3n) is 4.13. The van der Waals surface area contributed by atoms with Crippen molar-refractivity contribution in [2.75, 3.05) is 20.8 Å². The van der Waals surface area contributed by atoms with Crippen LogP contribution in [0.2, 0.25) is 0 Å². The maximum atomic E-state index is 12.1. The number of methoxy groups -OCH3 is 2. The number of ether oxygens (including phenoxy) is 3. The maximum absolute atomic E-state index is 12.1. The number of nitrogens with zero attached hydrogens (tertiary/aromatic N) is 1. The van der Waals surface area contributed by atoms with E-state index in [9.17, 15) is 4.79 Å². The van der Waals surface area contributed by atoms with E-state index in [-0.39, 0.29) is 17.9 Å². The van der Waals surface area contributed by atoms with Crippen LogP contribution in [0.15, 0.2) is 41.5 Å². The molecule has 0 aliphatic heterocycles. The number of carbonyl (C=O) groups is 1. The van der Waals surface area contributed by atoms with Crippen molar-refractivity contribution in [2.45, 2.75) is 33.1 Å². The average molecular weight is 384 g/mol. The Hall–Kier alpha value is -3.02. The molecule has 1 N–H and O–H groups in total. The number of para-hydroxylation sites is 1. The van der Waals surface area contributed by atoms with E-state index in [0.717, 1.165) is 11.1 Å². The van der Waals surface area contributed by atoms with Gasteiger partial charge in [0.2, 0.25) is 0 Å². The van der Waals surface area contributed by atoms with Gasteiger partial charge in [-0.3, -0.25) is 4.79 Å². The molecule has 0 aliphatic rings. The lowest BCUT2D eigenvalue weighted by Gasteiger charge is -2.23. The van der Waals surface area contributed by atoms with Gasteiger partial charge in [0.05, 0.1) is 20.4 Å². The third-order valence-corrected chi connectivity index (χ3v) is 4.13. The quantitative estimate of drug-likeness (QED) is 0.582. The zero-order valence-corrected chi connectivity index (χ0v) is 17.3. The van der Waals surface area contributed by atoms with Crippen molar-refractivity contribution in [3.63, 3.8) is 0 Å². The molecule has 0 fully saturated rings. The van der Waals surface area contributed by atoms with Gasteiger partial charge >= 0.3 is 0 Å². The summed E-state index contributed by atoms with van der Waals surface area (Å²) in [5.74, 6) is 1.50. The number of hydrogen-bond donors (Lipinski definition) is 1. The molecule has 1 amide bonds. The number of rotatable bonds is 7. The first kappa shape index (κ1) is 21.3. The number of nitrogens with one attached hydrogen (secondary N) is 1. The molecule has 0 heterocycles. The van der Waals surface area contributed by atoms with Crippen LogP contribution in [-0.4, -0.2) is 32.9 Å². The van der Waals surface area contributed by atoms with Gasteiger partial charge in [0.25, 0.3) is 5.91 Å². The fraction of sp³-hybridized carbons (Fsp3) is 0.364. The number of amides is 1. The van der Waals surface area contributed by atoms with Crippen LogP contribution in [0.25, 0.3) is 0 Å². The van der Waals surface area contributed by atoms with Crippen LogP contribution in [0.3, 0.4) is 0 Å². The van der Waals surface area contributed by atoms with E-state index < -0.39 is 0 Å². The molecule has 28 heavy (non-hydrogen) atoms. The second-order valence-corrected chi connectivity index (χ2v) is 7.41.